The fourth-order valence-corrected chi connectivity index (χ4v) is 1.63. The molecule has 22 heavy (non-hydrogen) atoms. The summed E-state index contributed by atoms with van der Waals surface area (Å²) in [5.74, 6) is -4.65. The van der Waals surface area contributed by atoms with Gasteiger partial charge in [0.1, 0.15) is 17.4 Å². The second kappa shape index (κ2) is 6.46. The summed E-state index contributed by atoms with van der Waals surface area (Å²) >= 11 is 0. The number of rotatable bonds is 4. The first-order valence-corrected chi connectivity index (χ1v) is 6.24. The van der Waals surface area contributed by atoms with Crippen molar-refractivity contribution in [3.63, 3.8) is 0 Å². The average Bonchev–Trinajstić information content (AvgIpc) is 2.45. The number of anilines is 1. The minimum Gasteiger partial charge on any atom is -0.481 e. The number of carbonyl (C=O) groups is 1. The lowest BCUT2D eigenvalue weighted by Crippen LogP contribution is -2.30. The molecular weight excluding hydrogens is 302 g/mol. The molecule has 116 valence electrons. The number of carbonyl (C=O) groups excluding carboxylic acids is 1. The molecule has 0 aromatic heterocycles. The molecule has 1 N–H and O–H groups in total. The summed E-state index contributed by atoms with van der Waals surface area (Å²) in [6.07, 6.45) is -1.10. The molecule has 0 spiro atoms. The molecule has 0 saturated carbocycles. The van der Waals surface area contributed by atoms with Crippen LogP contribution in [0.3, 0.4) is 0 Å². The summed E-state index contributed by atoms with van der Waals surface area (Å²) in [5.41, 5.74) is -0.216. The van der Waals surface area contributed by atoms with Crippen LogP contribution in [0.5, 0.6) is 5.75 Å². The molecule has 0 aliphatic carbocycles. The van der Waals surface area contributed by atoms with Crippen molar-refractivity contribution < 1.29 is 27.1 Å². The molecule has 0 bridgehead atoms. The van der Waals surface area contributed by atoms with Crippen LogP contribution in [0.25, 0.3) is 0 Å². The third-order valence-electron chi connectivity index (χ3n) is 2.76. The van der Waals surface area contributed by atoms with E-state index in [0.717, 1.165) is 30.3 Å². The average molecular weight is 313 g/mol. The molecule has 0 radical (unpaired) electrons. The van der Waals surface area contributed by atoms with Crippen LogP contribution in [-0.4, -0.2) is 12.0 Å². The van der Waals surface area contributed by atoms with E-state index < -0.39 is 35.3 Å². The van der Waals surface area contributed by atoms with Crippen LogP contribution in [0.15, 0.2) is 36.4 Å². The summed E-state index contributed by atoms with van der Waals surface area (Å²) in [4.78, 5) is 11.8. The summed E-state index contributed by atoms with van der Waals surface area (Å²) < 4.78 is 57.1. The maximum atomic E-state index is 13.4. The van der Waals surface area contributed by atoms with Crippen LogP contribution in [0.4, 0.5) is 23.2 Å². The van der Waals surface area contributed by atoms with E-state index in [2.05, 4.69) is 5.32 Å². The zero-order chi connectivity index (χ0) is 16.3. The first kappa shape index (κ1) is 15.8. The topological polar surface area (TPSA) is 38.3 Å². The molecule has 7 heteroatoms. The van der Waals surface area contributed by atoms with Gasteiger partial charge in [-0.3, -0.25) is 4.79 Å². The lowest BCUT2D eigenvalue weighted by molar-refractivity contribution is -0.122. The van der Waals surface area contributed by atoms with E-state index >= 15 is 0 Å². The van der Waals surface area contributed by atoms with Crippen molar-refractivity contribution >= 4 is 11.6 Å². The Bertz CT molecular complexity index is 706. The van der Waals surface area contributed by atoms with Crippen molar-refractivity contribution in [1.82, 2.24) is 0 Å². The Hall–Kier alpha value is -2.57. The number of halogens is 4. The highest BCUT2D eigenvalue weighted by Gasteiger charge is 2.17. The second-order valence-electron chi connectivity index (χ2n) is 4.45. The largest absolute Gasteiger partial charge is 0.481 e. The Labute approximate surface area is 123 Å². The van der Waals surface area contributed by atoms with E-state index in [1.165, 1.54) is 6.92 Å². The van der Waals surface area contributed by atoms with Crippen LogP contribution in [-0.2, 0) is 4.79 Å². The molecule has 0 saturated heterocycles. The lowest BCUT2D eigenvalue weighted by atomic mass is 10.2. The van der Waals surface area contributed by atoms with Crippen molar-refractivity contribution in [2.45, 2.75) is 13.0 Å². The third-order valence-corrected chi connectivity index (χ3v) is 2.76. The molecule has 0 heterocycles. The van der Waals surface area contributed by atoms with Gasteiger partial charge in [0.25, 0.3) is 5.91 Å². The van der Waals surface area contributed by atoms with Crippen LogP contribution >= 0.6 is 0 Å². The number of amides is 1. The molecule has 0 fully saturated rings. The quantitative estimate of drug-likeness (QED) is 0.875. The Balaban J connectivity index is 2.04. The van der Waals surface area contributed by atoms with E-state index in [9.17, 15) is 22.4 Å². The van der Waals surface area contributed by atoms with E-state index in [1.807, 2.05) is 0 Å². The van der Waals surface area contributed by atoms with Crippen molar-refractivity contribution in [2.75, 3.05) is 5.32 Å². The van der Waals surface area contributed by atoms with Gasteiger partial charge in [0, 0.05) is 12.1 Å². The van der Waals surface area contributed by atoms with Crippen molar-refractivity contribution in [3.8, 4) is 5.75 Å². The summed E-state index contributed by atoms with van der Waals surface area (Å²) in [7, 11) is 0. The number of nitrogens with one attached hydrogen (secondary N) is 1. The molecule has 1 atom stereocenters. The summed E-state index contributed by atoms with van der Waals surface area (Å²) in [6.45, 7) is 1.35. The number of hydrogen-bond acceptors (Lipinski definition) is 2. The zero-order valence-electron chi connectivity index (χ0n) is 11.4. The zero-order valence-corrected chi connectivity index (χ0v) is 11.4. The van der Waals surface area contributed by atoms with Gasteiger partial charge in [-0.15, -0.1) is 0 Å². The molecule has 2 aromatic carbocycles. The highest BCUT2D eigenvalue weighted by atomic mass is 19.2. The maximum Gasteiger partial charge on any atom is 0.265 e. The number of benzene rings is 2. The second-order valence-corrected chi connectivity index (χ2v) is 4.45. The van der Waals surface area contributed by atoms with Crippen molar-refractivity contribution in [1.29, 1.82) is 0 Å². The van der Waals surface area contributed by atoms with E-state index in [4.69, 9.17) is 4.74 Å². The Kier molecular flexibility index (Phi) is 4.65. The van der Waals surface area contributed by atoms with Gasteiger partial charge in [-0.05, 0) is 31.2 Å². The predicted octanol–water partition coefficient (Wildman–Crippen LogP) is 3.65. The first-order chi connectivity index (χ1) is 10.4. The van der Waals surface area contributed by atoms with Gasteiger partial charge in [-0.25, -0.2) is 17.6 Å². The number of hydrogen-bond donors (Lipinski definition) is 1. The molecule has 3 nitrogen and oxygen atoms in total. The lowest BCUT2D eigenvalue weighted by Gasteiger charge is -2.15. The monoisotopic (exact) mass is 313 g/mol. The molecule has 0 unspecified atom stereocenters. The molecule has 2 rings (SSSR count). The Morgan fingerprint density at radius 1 is 1.00 bits per heavy atom. The van der Waals surface area contributed by atoms with Crippen LogP contribution in [0, 0.1) is 23.3 Å². The van der Waals surface area contributed by atoms with Gasteiger partial charge in [0.2, 0.25) is 0 Å². The maximum absolute atomic E-state index is 13.4. The van der Waals surface area contributed by atoms with Gasteiger partial charge in [-0.2, -0.15) is 0 Å². The van der Waals surface area contributed by atoms with Crippen molar-refractivity contribution in [2.24, 2.45) is 0 Å². The smallest absolute Gasteiger partial charge is 0.265 e. The molecule has 2 aromatic rings. The Morgan fingerprint density at radius 3 is 2.36 bits per heavy atom. The van der Waals surface area contributed by atoms with Gasteiger partial charge >= 0.3 is 0 Å². The highest BCUT2D eigenvalue weighted by Crippen LogP contribution is 2.18. The Morgan fingerprint density at radius 2 is 1.73 bits per heavy atom. The third kappa shape index (κ3) is 3.75. The SMILES string of the molecule is C[C@@H](Oc1ccc(F)c(F)c1)C(=O)Nc1ccc(F)cc1F. The van der Waals surface area contributed by atoms with E-state index in [1.54, 1.807) is 0 Å². The van der Waals surface area contributed by atoms with Gasteiger partial charge in [0.05, 0.1) is 5.69 Å². The summed E-state index contributed by atoms with van der Waals surface area (Å²) in [6, 6.07) is 5.47. The molecular formula is C15H11F4NO2. The van der Waals surface area contributed by atoms with E-state index in [-0.39, 0.29) is 11.4 Å². The fraction of sp³-hybridized carbons (Fsp3) is 0.133. The minimum atomic E-state index is -1.12. The van der Waals surface area contributed by atoms with Crippen LogP contribution < -0.4 is 10.1 Å². The summed E-state index contributed by atoms with van der Waals surface area (Å²) in [5, 5.41) is 2.21. The highest BCUT2D eigenvalue weighted by molar-refractivity contribution is 5.94. The minimum absolute atomic E-state index is 0.0545. The van der Waals surface area contributed by atoms with Gasteiger partial charge in [-0.1, -0.05) is 0 Å². The van der Waals surface area contributed by atoms with Crippen LogP contribution in [0.2, 0.25) is 0 Å². The standard InChI is InChI=1S/C15H11F4NO2/c1-8(22-10-3-4-11(17)12(18)7-10)15(21)20-14-5-2-9(16)6-13(14)19/h2-8H,1H3,(H,20,21)/t8-/m1/s1. The van der Waals surface area contributed by atoms with Gasteiger partial charge in [0.15, 0.2) is 17.7 Å². The molecule has 0 aliphatic heterocycles. The normalized spacial score (nSPS) is 11.9. The predicted molar refractivity (Wildman–Crippen MR) is 71.4 cm³/mol. The van der Waals surface area contributed by atoms with Crippen molar-refractivity contribution in [3.05, 3.63) is 59.7 Å². The molecule has 0 aliphatic rings. The van der Waals surface area contributed by atoms with Gasteiger partial charge < -0.3 is 10.1 Å². The fourth-order valence-electron chi connectivity index (χ4n) is 1.63. The van der Waals surface area contributed by atoms with E-state index in [0.29, 0.717) is 6.07 Å². The van der Waals surface area contributed by atoms with Crippen LogP contribution in [0.1, 0.15) is 6.92 Å². The number of ether oxygens (including phenoxy) is 1. The molecule has 1 amide bonds. The first-order valence-electron chi connectivity index (χ1n) is 6.24.